The lowest BCUT2D eigenvalue weighted by molar-refractivity contribution is -0.167. The number of hydrogen-bond acceptors (Lipinski definition) is 3. The molecule has 3 unspecified atom stereocenters. The maximum Gasteiger partial charge on any atom is 0.252 e. The van der Waals surface area contributed by atoms with Gasteiger partial charge in [-0.25, -0.2) is 0 Å². The Balaban J connectivity index is 2.35. The molecule has 0 radical (unpaired) electrons. The minimum Gasteiger partial charge on any atom is -0.386 e. The number of amides is 1. The van der Waals surface area contributed by atoms with Gasteiger partial charge in [0.25, 0.3) is 5.91 Å². The average Bonchev–Trinajstić information content (AvgIpc) is 2.42. The lowest BCUT2D eigenvalue weighted by Gasteiger charge is -2.35. The summed E-state index contributed by atoms with van der Waals surface area (Å²) in [4.78, 5) is 10.9. The summed E-state index contributed by atoms with van der Waals surface area (Å²) < 4.78 is 0. The van der Waals surface area contributed by atoms with E-state index < -0.39 is 17.1 Å². The van der Waals surface area contributed by atoms with E-state index in [-0.39, 0.29) is 5.92 Å². The fraction of sp³-hybridized carbons (Fsp3) is 0.875. The van der Waals surface area contributed by atoms with Crippen molar-refractivity contribution in [3.8, 4) is 0 Å². The van der Waals surface area contributed by atoms with E-state index in [9.17, 15) is 15.0 Å². The molecular weight excluding hydrogens is 158 g/mol. The van der Waals surface area contributed by atoms with Crippen molar-refractivity contribution in [1.82, 2.24) is 0 Å². The Morgan fingerprint density at radius 3 is 2.33 bits per heavy atom. The van der Waals surface area contributed by atoms with Crippen molar-refractivity contribution in [2.45, 2.75) is 36.9 Å². The predicted molar refractivity (Wildman–Crippen MR) is 41.1 cm³/mol. The maximum absolute atomic E-state index is 10.9. The van der Waals surface area contributed by atoms with Crippen LogP contribution in [-0.2, 0) is 4.79 Å². The number of aliphatic hydroxyl groups is 2. The second-order valence-electron chi connectivity index (χ2n) is 4.07. The third-order valence-electron chi connectivity index (χ3n) is 3.35. The van der Waals surface area contributed by atoms with E-state index in [1.54, 1.807) is 0 Å². The van der Waals surface area contributed by atoms with Crippen LogP contribution in [0.5, 0.6) is 0 Å². The monoisotopic (exact) mass is 171 g/mol. The molecule has 3 atom stereocenters. The van der Waals surface area contributed by atoms with Crippen LogP contribution in [0.3, 0.4) is 0 Å². The van der Waals surface area contributed by atoms with Crippen molar-refractivity contribution in [1.29, 1.82) is 0 Å². The summed E-state index contributed by atoms with van der Waals surface area (Å²) in [6.07, 6.45) is 2.24. The zero-order valence-electron chi connectivity index (χ0n) is 6.79. The molecule has 4 heteroatoms. The van der Waals surface area contributed by atoms with Gasteiger partial charge in [0.15, 0.2) is 5.60 Å². The first-order valence-electron chi connectivity index (χ1n) is 4.23. The van der Waals surface area contributed by atoms with Crippen LogP contribution in [0.15, 0.2) is 0 Å². The van der Waals surface area contributed by atoms with Crippen LogP contribution < -0.4 is 5.73 Å². The molecule has 4 N–H and O–H groups in total. The van der Waals surface area contributed by atoms with Crippen LogP contribution in [0.2, 0.25) is 0 Å². The second-order valence-corrected chi connectivity index (χ2v) is 4.07. The normalized spacial score (nSPS) is 51.3. The molecule has 4 nitrogen and oxygen atoms in total. The molecule has 2 fully saturated rings. The highest BCUT2D eigenvalue weighted by Gasteiger charge is 2.63. The molecule has 0 saturated heterocycles. The van der Waals surface area contributed by atoms with Crippen LogP contribution >= 0.6 is 0 Å². The van der Waals surface area contributed by atoms with Gasteiger partial charge in [0.1, 0.15) is 5.60 Å². The van der Waals surface area contributed by atoms with Gasteiger partial charge in [-0.1, -0.05) is 0 Å². The van der Waals surface area contributed by atoms with Gasteiger partial charge in [-0.2, -0.15) is 0 Å². The fourth-order valence-corrected chi connectivity index (χ4v) is 2.61. The van der Waals surface area contributed by atoms with E-state index in [1.807, 2.05) is 0 Å². The average molecular weight is 171 g/mol. The lowest BCUT2D eigenvalue weighted by atomic mass is 9.80. The molecular formula is C8H13NO3. The molecule has 0 aromatic rings. The van der Waals surface area contributed by atoms with Gasteiger partial charge in [-0.3, -0.25) is 4.79 Å². The SMILES string of the molecule is NC(=O)C1(O)CC2CCC1(O)C2. The Hall–Kier alpha value is -0.610. The summed E-state index contributed by atoms with van der Waals surface area (Å²) >= 11 is 0. The molecule has 0 aromatic carbocycles. The molecule has 2 rings (SSSR count). The quantitative estimate of drug-likeness (QED) is 0.480. The Labute approximate surface area is 70.4 Å². The molecule has 0 aliphatic heterocycles. The largest absolute Gasteiger partial charge is 0.386 e. The van der Waals surface area contributed by atoms with Crippen LogP contribution in [-0.4, -0.2) is 27.3 Å². The Morgan fingerprint density at radius 1 is 1.42 bits per heavy atom. The lowest BCUT2D eigenvalue weighted by Crippen LogP contribution is -2.58. The third-order valence-corrected chi connectivity index (χ3v) is 3.35. The molecule has 2 aliphatic carbocycles. The van der Waals surface area contributed by atoms with Crippen LogP contribution in [0.4, 0.5) is 0 Å². The highest BCUT2D eigenvalue weighted by molar-refractivity contribution is 5.85. The smallest absolute Gasteiger partial charge is 0.252 e. The number of hydrogen-bond donors (Lipinski definition) is 3. The number of primary amides is 1. The first kappa shape index (κ1) is 8.01. The van der Waals surface area contributed by atoms with Gasteiger partial charge < -0.3 is 15.9 Å². The molecule has 0 spiro atoms. The molecule has 2 aliphatic rings. The highest BCUT2D eigenvalue weighted by Crippen LogP contribution is 2.53. The van der Waals surface area contributed by atoms with Gasteiger partial charge in [-0.15, -0.1) is 0 Å². The molecule has 12 heavy (non-hydrogen) atoms. The number of nitrogens with two attached hydrogens (primary N) is 1. The molecule has 2 saturated carbocycles. The second kappa shape index (κ2) is 2.00. The maximum atomic E-state index is 10.9. The van der Waals surface area contributed by atoms with Crippen LogP contribution in [0.1, 0.15) is 25.7 Å². The van der Waals surface area contributed by atoms with Crippen molar-refractivity contribution >= 4 is 5.91 Å². The van der Waals surface area contributed by atoms with E-state index in [2.05, 4.69) is 0 Å². The number of carbonyl (C=O) groups excluding carboxylic acids is 1. The van der Waals surface area contributed by atoms with Crippen molar-refractivity contribution in [3.63, 3.8) is 0 Å². The van der Waals surface area contributed by atoms with Crippen LogP contribution in [0, 0.1) is 5.92 Å². The van der Waals surface area contributed by atoms with E-state index in [0.29, 0.717) is 19.3 Å². The molecule has 1 amide bonds. The van der Waals surface area contributed by atoms with Gasteiger partial charge in [0.2, 0.25) is 0 Å². The predicted octanol–water partition coefficient (Wildman–Crippen LogP) is -0.862. The van der Waals surface area contributed by atoms with Crippen LogP contribution in [0.25, 0.3) is 0 Å². The highest BCUT2D eigenvalue weighted by atomic mass is 16.4. The first-order chi connectivity index (χ1) is 5.48. The zero-order chi connectivity index (χ0) is 8.98. The van der Waals surface area contributed by atoms with Crippen molar-refractivity contribution in [2.75, 3.05) is 0 Å². The number of fused-ring (bicyclic) bond motifs is 2. The van der Waals surface area contributed by atoms with E-state index in [4.69, 9.17) is 5.73 Å². The topological polar surface area (TPSA) is 83.6 Å². The summed E-state index contributed by atoms with van der Waals surface area (Å²) in [7, 11) is 0. The Bertz CT molecular complexity index is 242. The van der Waals surface area contributed by atoms with Crippen molar-refractivity contribution in [2.24, 2.45) is 11.7 Å². The number of rotatable bonds is 1. The van der Waals surface area contributed by atoms with E-state index in [1.165, 1.54) is 0 Å². The molecule has 0 heterocycles. The van der Waals surface area contributed by atoms with Gasteiger partial charge >= 0.3 is 0 Å². The van der Waals surface area contributed by atoms with E-state index >= 15 is 0 Å². The molecule has 0 aromatic heterocycles. The zero-order valence-corrected chi connectivity index (χ0v) is 6.79. The molecule has 2 bridgehead atoms. The van der Waals surface area contributed by atoms with Gasteiger partial charge in [-0.05, 0) is 31.6 Å². The summed E-state index contributed by atoms with van der Waals surface area (Å²) in [6.45, 7) is 0. The Morgan fingerprint density at radius 2 is 2.08 bits per heavy atom. The first-order valence-corrected chi connectivity index (χ1v) is 4.23. The molecule has 68 valence electrons. The van der Waals surface area contributed by atoms with E-state index in [0.717, 1.165) is 6.42 Å². The minimum atomic E-state index is -1.66. The fourth-order valence-electron chi connectivity index (χ4n) is 2.61. The Kier molecular flexibility index (Phi) is 1.34. The number of carbonyl (C=O) groups is 1. The van der Waals surface area contributed by atoms with Crippen molar-refractivity contribution in [3.05, 3.63) is 0 Å². The summed E-state index contributed by atoms with van der Waals surface area (Å²) in [6, 6.07) is 0. The third kappa shape index (κ3) is 0.716. The summed E-state index contributed by atoms with van der Waals surface area (Å²) in [5.41, 5.74) is 2.17. The van der Waals surface area contributed by atoms with Gasteiger partial charge in [0, 0.05) is 0 Å². The summed E-state index contributed by atoms with van der Waals surface area (Å²) in [5.74, 6) is -0.514. The summed E-state index contributed by atoms with van der Waals surface area (Å²) in [5, 5.41) is 19.7. The van der Waals surface area contributed by atoms with Gasteiger partial charge in [0.05, 0.1) is 0 Å². The standard InChI is InChI=1S/C8H13NO3/c9-6(10)8(12)4-5-1-2-7(8,11)3-5/h5,11-12H,1-4H2,(H2,9,10). The minimum absolute atomic E-state index is 0.271. The van der Waals surface area contributed by atoms with Crippen molar-refractivity contribution < 1.29 is 15.0 Å².